The molecule has 0 fully saturated rings. The van der Waals surface area contributed by atoms with Crippen LogP contribution in [0.1, 0.15) is 11.1 Å². The molecule has 0 N–H and O–H groups in total. The van der Waals surface area contributed by atoms with Gasteiger partial charge in [0.25, 0.3) is 0 Å². The number of para-hydroxylation sites is 1. The molecule has 5 aromatic rings. The first-order chi connectivity index (χ1) is 13.3. The maximum atomic E-state index is 9.48. The molecular weight excluding hydrogens is 336 g/mol. The van der Waals surface area contributed by atoms with Gasteiger partial charge in [-0.2, -0.15) is 5.26 Å². The lowest BCUT2D eigenvalue weighted by Gasteiger charge is -2.00. The predicted octanol–water partition coefficient (Wildman–Crippen LogP) is 4.60. The summed E-state index contributed by atoms with van der Waals surface area (Å²) in [4.78, 5) is 3.53. The van der Waals surface area contributed by atoms with Gasteiger partial charge in [-0.1, -0.05) is 18.2 Å². The fourth-order valence-corrected chi connectivity index (χ4v) is 4.12. The van der Waals surface area contributed by atoms with E-state index in [2.05, 4.69) is 38.5 Å². The molecule has 0 aliphatic carbocycles. The van der Waals surface area contributed by atoms with E-state index in [0.29, 0.717) is 11.3 Å². The number of aromatic nitrogens is 2. The van der Waals surface area contributed by atoms with Gasteiger partial charge in [-0.25, -0.2) is 4.85 Å². The second-order valence-electron chi connectivity index (χ2n) is 6.76. The summed E-state index contributed by atoms with van der Waals surface area (Å²) < 4.78 is 10.2. The van der Waals surface area contributed by atoms with E-state index in [1.807, 2.05) is 30.5 Å². The van der Waals surface area contributed by atoms with Crippen molar-refractivity contribution < 1.29 is 9.10 Å². The topological polar surface area (TPSA) is 50.1 Å². The molecule has 6 rings (SSSR count). The van der Waals surface area contributed by atoms with Gasteiger partial charge in [0.1, 0.15) is 22.4 Å². The van der Waals surface area contributed by atoms with Crippen molar-refractivity contribution in [3.05, 3.63) is 77.3 Å². The molecule has 5 nitrogen and oxygen atoms in total. The molecule has 3 aromatic carbocycles. The molecule has 124 valence electrons. The maximum Gasteiger partial charge on any atom is 0.205 e. The number of rotatable bonds is 0. The van der Waals surface area contributed by atoms with Crippen LogP contribution in [0.3, 0.4) is 0 Å². The Labute approximate surface area is 153 Å². The van der Waals surface area contributed by atoms with Crippen LogP contribution in [0.5, 0.6) is 0 Å². The molecule has 1 aliphatic rings. The number of benzene rings is 3. The van der Waals surface area contributed by atoms with Crippen LogP contribution in [0.25, 0.3) is 43.4 Å². The first kappa shape index (κ1) is 14.1. The quantitative estimate of drug-likeness (QED) is 0.298. The van der Waals surface area contributed by atoms with Crippen LogP contribution < -0.4 is 4.68 Å². The van der Waals surface area contributed by atoms with Crippen molar-refractivity contribution in [2.24, 2.45) is 0 Å². The van der Waals surface area contributed by atoms with Gasteiger partial charge in [0.2, 0.25) is 6.20 Å². The summed E-state index contributed by atoms with van der Waals surface area (Å²) in [5, 5.41) is 12.6. The summed E-state index contributed by atoms with van der Waals surface area (Å²) in [5.74, 6) is 0. The fraction of sp³-hybridized carbons (Fsp3) is 0.0455. The third kappa shape index (κ3) is 1.73. The summed E-state index contributed by atoms with van der Waals surface area (Å²) >= 11 is 0. The van der Waals surface area contributed by atoms with Gasteiger partial charge < -0.3 is 4.42 Å². The lowest BCUT2D eigenvalue weighted by molar-refractivity contribution is -0.749. The monoisotopic (exact) mass is 347 g/mol. The normalized spacial score (nSPS) is 12.2. The zero-order valence-corrected chi connectivity index (χ0v) is 14.1. The molecule has 0 saturated carbocycles. The second-order valence-corrected chi connectivity index (χ2v) is 6.76. The fourth-order valence-electron chi connectivity index (χ4n) is 4.12. The van der Waals surface area contributed by atoms with Crippen molar-refractivity contribution in [1.29, 1.82) is 5.26 Å². The highest BCUT2D eigenvalue weighted by molar-refractivity contribution is 6.06. The maximum absolute atomic E-state index is 9.48. The Bertz CT molecular complexity index is 1520. The summed E-state index contributed by atoms with van der Waals surface area (Å²) in [6.45, 7) is 8.06. The third-order valence-corrected chi connectivity index (χ3v) is 5.29. The highest BCUT2D eigenvalue weighted by Gasteiger charge is 2.30. The van der Waals surface area contributed by atoms with E-state index in [-0.39, 0.29) is 0 Å². The van der Waals surface area contributed by atoms with Gasteiger partial charge in [-0.15, -0.1) is 9.36 Å². The van der Waals surface area contributed by atoms with Gasteiger partial charge in [0.05, 0.1) is 23.6 Å². The molecule has 1 aliphatic heterocycles. The number of furan rings is 1. The summed E-state index contributed by atoms with van der Waals surface area (Å²) in [6, 6.07) is 18.0. The molecule has 0 saturated heterocycles. The molecule has 5 heteroatoms. The Morgan fingerprint density at radius 1 is 1.07 bits per heavy atom. The van der Waals surface area contributed by atoms with Crippen molar-refractivity contribution in [1.82, 2.24) is 4.68 Å². The van der Waals surface area contributed by atoms with Crippen molar-refractivity contribution in [3.63, 3.8) is 0 Å². The van der Waals surface area contributed by atoms with Gasteiger partial charge in [-0.3, -0.25) is 0 Å². The number of hydrogen-bond donors (Lipinski definition) is 0. The average Bonchev–Trinajstić information content (AvgIpc) is 3.34. The second kappa shape index (κ2) is 4.75. The Kier molecular flexibility index (Phi) is 2.48. The number of hydrogen-bond acceptors (Lipinski definition) is 2. The molecule has 0 radical (unpaired) electrons. The number of nitriles is 1. The minimum absolute atomic E-state index is 0.471. The third-order valence-electron chi connectivity index (χ3n) is 5.29. The molecular formula is C22H11N4O+. The lowest BCUT2D eigenvalue weighted by atomic mass is 10.1. The van der Waals surface area contributed by atoms with Gasteiger partial charge in [0, 0.05) is 22.4 Å². The largest absolute Gasteiger partial charge is 0.456 e. The zero-order valence-electron chi connectivity index (χ0n) is 14.1. The molecule has 0 bridgehead atoms. The van der Waals surface area contributed by atoms with Crippen LogP contribution in [-0.4, -0.2) is 4.68 Å². The molecule has 3 heterocycles. The van der Waals surface area contributed by atoms with E-state index in [0.717, 1.165) is 45.1 Å². The molecule has 27 heavy (non-hydrogen) atoms. The summed E-state index contributed by atoms with van der Waals surface area (Å²) in [7, 11) is 0. The molecule has 2 aromatic heterocycles. The first-order valence-electron chi connectivity index (χ1n) is 8.58. The minimum atomic E-state index is 0.471. The van der Waals surface area contributed by atoms with Gasteiger partial charge in [-0.05, 0) is 24.3 Å². The van der Waals surface area contributed by atoms with Crippen LogP contribution in [-0.2, 0) is 6.54 Å². The minimum Gasteiger partial charge on any atom is -0.456 e. The smallest absolute Gasteiger partial charge is 0.205 e. The van der Waals surface area contributed by atoms with Crippen LogP contribution in [0, 0.1) is 17.9 Å². The highest BCUT2D eigenvalue weighted by Crippen LogP contribution is 2.35. The highest BCUT2D eigenvalue weighted by atomic mass is 16.3. The first-order valence-corrected chi connectivity index (χ1v) is 8.58. The molecule has 0 spiro atoms. The van der Waals surface area contributed by atoms with E-state index in [9.17, 15) is 5.26 Å². The summed E-state index contributed by atoms with van der Waals surface area (Å²) in [5.41, 5.74) is 5.81. The van der Waals surface area contributed by atoms with E-state index in [4.69, 9.17) is 11.0 Å². The Balaban J connectivity index is 1.71. The standard InChI is InChI=1S/C22H11N4O/c1-24-15-6-13(10-23)18-12-25-11-14-7-17-16-4-2-3-5-21(16)27-22(17)9-19(14)26(25)20(18)8-15/h2-9,12H,11H2/q+1. The van der Waals surface area contributed by atoms with Crippen molar-refractivity contribution in [2.75, 3.05) is 0 Å². The SMILES string of the molecule is [C-]#[N+]c1cc(C#N)c2c[n+]3n(c2c1)-c1cc2oc4ccccc4c2cc1C3. The number of fused-ring (bicyclic) bond motifs is 8. The van der Waals surface area contributed by atoms with Crippen molar-refractivity contribution in [2.45, 2.75) is 6.54 Å². The van der Waals surface area contributed by atoms with Gasteiger partial charge >= 0.3 is 0 Å². The molecule has 0 unspecified atom stereocenters. The predicted molar refractivity (Wildman–Crippen MR) is 101 cm³/mol. The Hall–Kier alpha value is -4.09. The van der Waals surface area contributed by atoms with Crippen molar-refractivity contribution in [3.8, 4) is 11.8 Å². The van der Waals surface area contributed by atoms with Crippen LogP contribution in [0.4, 0.5) is 5.69 Å². The Morgan fingerprint density at radius 2 is 1.96 bits per heavy atom. The zero-order chi connectivity index (χ0) is 18.1. The molecule has 0 atom stereocenters. The van der Waals surface area contributed by atoms with Crippen LogP contribution in [0.2, 0.25) is 0 Å². The van der Waals surface area contributed by atoms with Crippen LogP contribution >= 0.6 is 0 Å². The van der Waals surface area contributed by atoms with E-state index in [1.54, 1.807) is 6.07 Å². The van der Waals surface area contributed by atoms with Crippen molar-refractivity contribution >= 4 is 38.5 Å². The number of nitrogens with zero attached hydrogens (tertiary/aromatic N) is 4. The van der Waals surface area contributed by atoms with Crippen LogP contribution in [0.15, 0.2) is 59.1 Å². The summed E-state index contributed by atoms with van der Waals surface area (Å²) in [6.07, 6.45) is 1.99. The van der Waals surface area contributed by atoms with Gasteiger partial charge in [0.15, 0.2) is 12.2 Å². The Morgan fingerprint density at radius 3 is 2.81 bits per heavy atom. The lowest BCUT2D eigenvalue weighted by Crippen LogP contribution is -2.36. The van der Waals surface area contributed by atoms with E-state index < -0.39 is 0 Å². The molecule has 0 amide bonds. The average molecular weight is 347 g/mol. The van der Waals surface area contributed by atoms with E-state index in [1.165, 1.54) is 5.56 Å². The van der Waals surface area contributed by atoms with E-state index >= 15 is 0 Å².